The summed E-state index contributed by atoms with van der Waals surface area (Å²) >= 11 is 1.27. The Kier molecular flexibility index (Phi) is 4.42. The van der Waals surface area contributed by atoms with E-state index in [0.717, 1.165) is 0 Å². The molecular formula is C12H13N5O2S. The van der Waals surface area contributed by atoms with Gasteiger partial charge >= 0.3 is 0 Å². The number of thioether (sulfide) groups is 1. The van der Waals surface area contributed by atoms with E-state index in [9.17, 15) is 0 Å². The molecule has 0 aliphatic carbocycles. The average molecular weight is 291 g/mol. The van der Waals surface area contributed by atoms with Crippen LogP contribution in [-0.2, 0) is 0 Å². The third-order valence-electron chi connectivity index (χ3n) is 2.52. The average Bonchev–Trinajstić information content (AvgIpc) is 2.94. The smallest absolute Gasteiger partial charge is 0.215 e. The van der Waals surface area contributed by atoms with Gasteiger partial charge in [0.25, 0.3) is 0 Å². The van der Waals surface area contributed by atoms with Gasteiger partial charge in [-0.1, -0.05) is 11.8 Å². The van der Waals surface area contributed by atoms with Gasteiger partial charge in [0.05, 0.1) is 25.5 Å². The number of hydrogen-bond donors (Lipinski definition) is 0. The summed E-state index contributed by atoms with van der Waals surface area (Å²) in [6, 6.07) is 7.47. The van der Waals surface area contributed by atoms with Crippen molar-refractivity contribution < 1.29 is 9.47 Å². The molecular weight excluding hydrogens is 278 g/mol. The summed E-state index contributed by atoms with van der Waals surface area (Å²) in [5.41, 5.74) is 0.657. The fourth-order valence-electron chi connectivity index (χ4n) is 1.55. The van der Waals surface area contributed by atoms with Gasteiger partial charge in [0, 0.05) is 6.07 Å². The minimum absolute atomic E-state index is 0.253. The maximum Gasteiger partial charge on any atom is 0.215 e. The molecule has 0 radical (unpaired) electrons. The summed E-state index contributed by atoms with van der Waals surface area (Å²) in [5, 5.41) is 20.7. The second-order valence-electron chi connectivity index (χ2n) is 3.80. The van der Waals surface area contributed by atoms with Crippen LogP contribution in [0, 0.1) is 11.3 Å². The van der Waals surface area contributed by atoms with Crippen molar-refractivity contribution in [2.45, 2.75) is 17.3 Å². The second kappa shape index (κ2) is 6.25. The predicted octanol–water partition coefficient (Wildman–Crippen LogP) is 1.68. The zero-order chi connectivity index (χ0) is 14.5. The molecule has 2 rings (SSSR count). The molecule has 0 aliphatic heterocycles. The van der Waals surface area contributed by atoms with Crippen molar-refractivity contribution >= 4 is 11.8 Å². The summed E-state index contributed by atoms with van der Waals surface area (Å²) in [6.07, 6.45) is 0. The van der Waals surface area contributed by atoms with Crippen LogP contribution in [0.3, 0.4) is 0 Å². The van der Waals surface area contributed by atoms with E-state index in [2.05, 4.69) is 21.6 Å². The van der Waals surface area contributed by atoms with Crippen molar-refractivity contribution in [1.29, 1.82) is 5.26 Å². The topological polar surface area (TPSA) is 85.8 Å². The summed E-state index contributed by atoms with van der Waals surface area (Å²) in [6.45, 7) is 1.78. The maximum absolute atomic E-state index is 8.88. The first kappa shape index (κ1) is 14.1. The highest BCUT2D eigenvalue weighted by atomic mass is 32.2. The van der Waals surface area contributed by atoms with Crippen molar-refractivity contribution in [3.63, 3.8) is 0 Å². The molecule has 0 saturated carbocycles. The Morgan fingerprint density at radius 3 is 2.80 bits per heavy atom. The van der Waals surface area contributed by atoms with Crippen molar-refractivity contribution in [3.8, 4) is 23.3 Å². The number of ether oxygens (including phenoxy) is 2. The molecule has 0 fully saturated rings. The van der Waals surface area contributed by atoms with Crippen LogP contribution >= 0.6 is 11.8 Å². The highest BCUT2D eigenvalue weighted by Crippen LogP contribution is 2.30. The van der Waals surface area contributed by atoms with E-state index >= 15 is 0 Å². The van der Waals surface area contributed by atoms with Crippen molar-refractivity contribution in [3.05, 3.63) is 18.2 Å². The highest BCUT2D eigenvalue weighted by Gasteiger charge is 2.16. The molecule has 20 heavy (non-hydrogen) atoms. The minimum atomic E-state index is -0.253. The molecule has 0 bridgehead atoms. The van der Waals surface area contributed by atoms with Crippen LogP contribution in [0.1, 0.15) is 6.92 Å². The summed E-state index contributed by atoms with van der Waals surface area (Å²) in [4.78, 5) is 0. The number of nitriles is 1. The Hall–Kier alpha value is -2.27. The molecule has 8 heteroatoms. The lowest BCUT2D eigenvalue weighted by molar-refractivity contribution is 0.399. The first-order valence-electron chi connectivity index (χ1n) is 5.76. The lowest BCUT2D eigenvalue weighted by atomic mass is 10.3. The standard InChI is InChI=1S/C12H13N5O2S/c1-8(7-13)20-12-14-15-16-17(12)10-6-9(18-2)4-5-11(10)19-3/h4-6,8H,1-3H3/t8-/m1/s1. The van der Waals surface area contributed by atoms with E-state index in [1.807, 2.05) is 0 Å². The van der Waals surface area contributed by atoms with Crippen molar-refractivity contribution in [2.75, 3.05) is 14.2 Å². The number of methoxy groups -OCH3 is 2. The third-order valence-corrected chi connectivity index (χ3v) is 3.44. The molecule has 0 amide bonds. The number of benzene rings is 1. The molecule has 1 atom stereocenters. The molecule has 0 aliphatic rings. The van der Waals surface area contributed by atoms with E-state index < -0.39 is 0 Å². The lowest BCUT2D eigenvalue weighted by Gasteiger charge is -2.11. The van der Waals surface area contributed by atoms with Gasteiger partial charge in [-0.05, 0) is 29.5 Å². The molecule has 1 aromatic carbocycles. The quantitative estimate of drug-likeness (QED) is 0.775. The van der Waals surface area contributed by atoms with E-state index in [4.69, 9.17) is 14.7 Å². The van der Waals surface area contributed by atoms with Gasteiger partial charge < -0.3 is 9.47 Å². The molecule has 1 heterocycles. The first-order chi connectivity index (χ1) is 9.69. The largest absolute Gasteiger partial charge is 0.497 e. The Balaban J connectivity index is 2.46. The lowest BCUT2D eigenvalue weighted by Crippen LogP contribution is -2.04. The number of aromatic nitrogens is 4. The summed E-state index contributed by atoms with van der Waals surface area (Å²) < 4.78 is 12.0. The van der Waals surface area contributed by atoms with E-state index in [-0.39, 0.29) is 5.25 Å². The zero-order valence-corrected chi connectivity index (χ0v) is 12.1. The molecule has 0 N–H and O–H groups in total. The number of nitrogens with zero attached hydrogens (tertiary/aromatic N) is 5. The van der Waals surface area contributed by atoms with Crippen LogP contribution in [0.15, 0.2) is 23.4 Å². The van der Waals surface area contributed by atoms with Gasteiger partial charge in [-0.25, -0.2) is 0 Å². The monoisotopic (exact) mass is 291 g/mol. The fraction of sp³-hybridized carbons (Fsp3) is 0.333. The van der Waals surface area contributed by atoms with Crippen LogP contribution in [-0.4, -0.2) is 39.7 Å². The number of hydrogen-bond acceptors (Lipinski definition) is 7. The predicted molar refractivity (Wildman–Crippen MR) is 73.2 cm³/mol. The summed E-state index contributed by atoms with van der Waals surface area (Å²) in [7, 11) is 3.15. The number of rotatable bonds is 5. The van der Waals surface area contributed by atoms with Gasteiger partial charge in [0.15, 0.2) is 0 Å². The van der Waals surface area contributed by atoms with E-state index in [1.165, 1.54) is 16.4 Å². The van der Waals surface area contributed by atoms with Crippen molar-refractivity contribution in [1.82, 2.24) is 20.2 Å². The number of tetrazole rings is 1. The minimum Gasteiger partial charge on any atom is -0.497 e. The SMILES string of the molecule is COc1ccc(OC)c(-n2nnnc2S[C@H](C)C#N)c1. The molecule has 2 aromatic rings. The van der Waals surface area contributed by atoms with Crippen molar-refractivity contribution in [2.24, 2.45) is 0 Å². The van der Waals surface area contributed by atoms with Gasteiger partial charge in [-0.3, -0.25) is 0 Å². The zero-order valence-electron chi connectivity index (χ0n) is 11.3. The maximum atomic E-state index is 8.88. The first-order valence-corrected chi connectivity index (χ1v) is 6.64. The second-order valence-corrected chi connectivity index (χ2v) is 5.11. The van der Waals surface area contributed by atoms with Gasteiger partial charge in [0.1, 0.15) is 17.2 Å². The normalized spacial score (nSPS) is 11.7. The summed E-state index contributed by atoms with van der Waals surface area (Å²) in [5.74, 6) is 1.28. The van der Waals surface area contributed by atoms with Crippen LogP contribution in [0.25, 0.3) is 5.69 Å². The van der Waals surface area contributed by atoms with Crippen LogP contribution < -0.4 is 9.47 Å². The molecule has 0 unspecified atom stereocenters. The Labute approximate surface area is 120 Å². The van der Waals surface area contributed by atoms with Crippen LogP contribution in [0.5, 0.6) is 11.5 Å². The van der Waals surface area contributed by atoms with E-state index in [1.54, 1.807) is 39.3 Å². The van der Waals surface area contributed by atoms with Crippen LogP contribution in [0.4, 0.5) is 0 Å². The molecule has 7 nitrogen and oxygen atoms in total. The van der Waals surface area contributed by atoms with E-state index in [0.29, 0.717) is 22.3 Å². The molecule has 0 saturated heterocycles. The Morgan fingerprint density at radius 1 is 1.35 bits per heavy atom. The molecule has 0 spiro atoms. The van der Waals surface area contributed by atoms with Crippen LogP contribution in [0.2, 0.25) is 0 Å². The Morgan fingerprint density at radius 2 is 2.15 bits per heavy atom. The molecule has 104 valence electrons. The van der Waals surface area contributed by atoms with Gasteiger partial charge in [-0.2, -0.15) is 9.94 Å². The Bertz CT molecular complexity index is 637. The molecule has 1 aromatic heterocycles. The van der Waals surface area contributed by atoms with Gasteiger partial charge in [0.2, 0.25) is 5.16 Å². The highest BCUT2D eigenvalue weighted by molar-refractivity contribution is 8.00. The van der Waals surface area contributed by atoms with Gasteiger partial charge in [-0.15, -0.1) is 5.10 Å². The third kappa shape index (κ3) is 2.83. The fourth-order valence-corrected chi connectivity index (χ4v) is 2.24.